The van der Waals surface area contributed by atoms with Gasteiger partial charge in [0.15, 0.2) is 0 Å². The van der Waals surface area contributed by atoms with Crippen molar-refractivity contribution in [1.82, 2.24) is 0 Å². The van der Waals surface area contributed by atoms with Gasteiger partial charge in [0.05, 0.1) is 11.3 Å². The van der Waals surface area contributed by atoms with Crippen molar-refractivity contribution in [3.8, 4) is 0 Å². The second-order valence-electron chi connectivity index (χ2n) is 5.02. The van der Waals surface area contributed by atoms with Crippen molar-refractivity contribution in [3.05, 3.63) is 70.8 Å². The minimum absolute atomic E-state index is 0.0652. The van der Waals surface area contributed by atoms with E-state index in [4.69, 9.17) is 5.11 Å². The Hall–Kier alpha value is -2.88. The molecule has 0 saturated carbocycles. The van der Waals surface area contributed by atoms with Crippen molar-refractivity contribution in [2.45, 2.75) is 13.8 Å². The third kappa shape index (κ3) is 3.82. The van der Waals surface area contributed by atoms with E-state index in [1.54, 1.807) is 24.3 Å². The van der Waals surface area contributed by atoms with E-state index in [0.29, 0.717) is 0 Å². The summed E-state index contributed by atoms with van der Waals surface area (Å²) in [5.41, 5.74) is 3.61. The largest absolute Gasteiger partial charge is 0.478 e. The van der Waals surface area contributed by atoms with Gasteiger partial charge in [-0.1, -0.05) is 30.3 Å². The number of para-hydroxylation sites is 1. The summed E-state index contributed by atoms with van der Waals surface area (Å²) >= 11 is 0. The topological polar surface area (TPSA) is 66.4 Å². The highest BCUT2D eigenvalue weighted by atomic mass is 16.4. The summed E-state index contributed by atoms with van der Waals surface area (Å²) in [5.74, 6) is -1.44. The quantitative estimate of drug-likeness (QED) is 0.846. The van der Waals surface area contributed by atoms with Crippen molar-refractivity contribution in [1.29, 1.82) is 0 Å². The average Bonchev–Trinajstić information content (AvgIpc) is 2.49. The van der Waals surface area contributed by atoms with Gasteiger partial charge >= 0.3 is 5.97 Å². The fourth-order valence-electron chi connectivity index (χ4n) is 1.99. The van der Waals surface area contributed by atoms with Crippen LogP contribution in [0.1, 0.15) is 27.0 Å². The summed E-state index contributed by atoms with van der Waals surface area (Å²) in [7, 11) is 0. The summed E-state index contributed by atoms with van der Waals surface area (Å²) in [5, 5.41) is 11.7. The Bertz CT molecular complexity index is 748. The molecule has 4 heteroatoms. The zero-order valence-electron chi connectivity index (χ0n) is 12.5. The van der Waals surface area contributed by atoms with Crippen molar-refractivity contribution >= 4 is 23.6 Å². The highest BCUT2D eigenvalue weighted by molar-refractivity contribution is 6.06. The standard InChI is InChI=1S/C18H17NO3/c1-12-7-8-14(11-13(12)2)9-10-17(20)19-16-6-4-3-5-15(16)18(21)22/h3-11H,1-2H3,(H,19,20)(H,21,22). The molecule has 22 heavy (non-hydrogen) atoms. The molecule has 0 atom stereocenters. The minimum Gasteiger partial charge on any atom is -0.478 e. The van der Waals surface area contributed by atoms with Crippen molar-refractivity contribution in [3.63, 3.8) is 0 Å². The first-order valence-electron chi connectivity index (χ1n) is 6.86. The lowest BCUT2D eigenvalue weighted by Crippen LogP contribution is -2.11. The molecule has 2 N–H and O–H groups in total. The minimum atomic E-state index is -1.07. The number of hydrogen-bond donors (Lipinski definition) is 2. The van der Waals surface area contributed by atoms with Crippen LogP contribution in [-0.2, 0) is 4.79 Å². The molecule has 0 bridgehead atoms. The lowest BCUT2D eigenvalue weighted by molar-refractivity contribution is -0.111. The molecule has 0 aliphatic rings. The van der Waals surface area contributed by atoms with Crippen LogP contribution in [0.2, 0.25) is 0 Å². The number of carbonyl (C=O) groups excluding carboxylic acids is 1. The molecule has 0 radical (unpaired) electrons. The summed E-state index contributed by atoms with van der Waals surface area (Å²) in [6.07, 6.45) is 3.09. The van der Waals surface area contributed by atoms with Crippen LogP contribution in [0.4, 0.5) is 5.69 Å². The Morgan fingerprint density at radius 2 is 1.77 bits per heavy atom. The average molecular weight is 295 g/mol. The van der Waals surface area contributed by atoms with E-state index >= 15 is 0 Å². The van der Waals surface area contributed by atoms with Crippen LogP contribution in [0.3, 0.4) is 0 Å². The van der Waals surface area contributed by atoms with E-state index in [-0.39, 0.29) is 17.2 Å². The van der Waals surface area contributed by atoms with E-state index in [1.165, 1.54) is 17.7 Å². The van der Waals surface area contributed by atoms with Gasteiger partial charge in [-0.05, 0) is 48.7 Å². The van der Waals surface area contributed by atoms with Crippen molar-refractivity contribution in [2.75, 3.05) is 5.32 Å². The molecule has 0 heterocycles. The molecular weight excluding hydrogens is 278 g/mol. The number of carbonyl (C=O) groups is 2. The fourth-order valence-corrected chi connectivity index (χ4v) is 1.99. The Morgan fingerprint density at radius 1 is 1.05 bits per heavy atom. The number of aryl methyl sites for hydroxylation is 2. The molecule has 112 valence electrons. The van der Waals surface area contributed by atoms with Gasteiger partial charge in [-0.3, -0.25) is 4.79 Å². The Morgan fingerprint density at radius 3 is 2.45 bits per heavy atom. The second kappa shape index (κ2) is 6.72. The Kier molecular flexibility index (Phi) is 4.73. The maximum atomic E-state index is 11.9. The smallest absolute Gasteiger partial charge is 0.337 e. The third-order valence-corrected chi connectivity index (χ3v) is 3.37. The number of amides is 1. The Labute approximate surface area is 129 Å². The third-order valence-electron chi connectivity index (χ3n) is 3.37. The zero-order chi connectivity index (χ0) is 16.1. The first kappa shape index (κ1) is 15.5. The molecule has 0 aliphatic heterocycles. The van der Waals surface area contributed by atoms with E-state index < -0.39 is 5.97 Å². The number of anilines is 1. The van der Waals surface area contributed by atoms with Gasteiger partial charge in [-0.25, -0.2) is 4.79 Å². The molecule has 0 spiro atoms. The van der Waals surface area contributed by atoms with E-state index in [1.807, 2.05) is 32.0 Å². The van der Waals surface area contributed by atoms with Gasteiger partial charge in [0.2, 0.25) is 5.91 Å². The van der Waals surface area contributed by atoms with Gasteiger partial charge in [-0.15, -0.1) is 0 Å². The highest BCUT2D eigenvalue weighted by Gasteiger charge is 2.10. The summed E-state index contributed by atoms with van der Waals surface area (Å²) < 4.78 is 0. The fraction of sp³-hybridized carbons (Fsp3) is 0.111. The normalized spacial score (nSPS) is 10.6. The molecule has 0 saturated heterocycles. The maximum absolute atomic E-state index is 11.9. The second-order valence-corrected chi connectivity index (χ2v) is 5.02. The molecule has 0 unspecified atom stereocenters. The van der Waals surface area contributed by atoms with E-state index in [2.05, 4.69) is 5.32 Å². The van der Waals surface area contributed by atoms with E-state index in [9.17, 15) is 9.59 Å². The van der Waals surface area contributed by atoms with Crippen LogP contribution >= 0.6 is 0 Å². The number of nitrogens with one attached hydrogen (secondary N) is 1. The molecule has 0 fully saturated rings. The lowest BCUT2D eigenvalue weighted by Gasteiger charge is -2.06. The summed E-state index contributed by atoms with van der Waals surface area (Å²) in [6, 6.07) is 12.2. The van der Waals surface area contributed by atoms with E-state index in [0.717, 1.165) is 11.1 Å². The van der Waals surface area contributed by atoms with Crippen molar-refractivity contribution in [2.24, 2.45) is 0 Å². The van der Waals surface area contributed by atoms with Crippen LogP contribution in [0.15, 0.2) is 48.5 Å². The molecular formula is C18H17NO3. The maximum Gasteiger partial charge on any atom is 0.337 e. The zero-order valence-corrected chi connectivity index (χ0v) is 12.5. The van der Waals surface area contributed by atoms with Crippen LogP contribution in [-0.4, -0.2) is 17.0 Å². The first-order valence-corrected chi connectivity index (χ1v) is 6.86. The highest BCUT2D eigenvalue weighted by Crippen LogP contribution is 2.15. The van der Waals surface area contributed by atoms with Gasteiger partial charge < -0.3 is 10.4 Å². The monoisotopic (exact) mass is 295 g/mol. The molecule has 0 aromatic heterocycles. The first-order chi connectivity index (χ1) is 10.5. The van der Waals surface area contributed by atoms with Gasteiger partial charge in [0, 0.05) is 6.08 Å². The van der Waals surface area contributed by atoms with Gasteiger partial charge in [0.1, 0.15) is 0 Å². The Balaban J connectivity index is 2.11. The van der Waals surface area contributed by atoms with Crippen LogP contribution in [0.25, 0.3) is 6.08 Å². The SMILES string of the molecule is Cc1ccc(C=CC(=O)Nc2ccccc2C(=O)O)cc1C. The predicted octanol–water partition coefficient (Wildman–Crippen LogP) is 3.65. The molecule has 4 nitrogen and oxygen atoms in total. The molecule has 2 aromatic carbocycles. The van der Waals surface area contributed by atoms with Gasteiger partial charge in [-0.2, -0.15) is 0 Å². The van der Waals surface area contributed by atoms with Crippen molar-refractivity contribution < 1.29 is 14.7 Å². The van der Waals surface area contributed by atoms with Gasteiger partial charge in [0.25, 0.3) is 0 Å². The summed E-state index contributed by atoms with van der Waals surface area (Å²) in [4.78, 5) is 23.0. The molecule has 1 amide bonds. The summed E-state index contributed by atoms with van der Waals surface area (Å²) in [6.45, 7) is 4.04. The number of benzene rings is 2. The molecule has 2 rings (SSSR count). The number of carboxylic acids is 1. The van der Waals surface area contributed by atoms with Crippen LogP contribution in [0, 0.1) is 13.8 Å². The number of carboxylic acid groups (broad SMARTS) is 1. The molecule has 0 aliphatic carbocycles. The molecule has 2 aromatic rings. The number of rotatable bonds is 4. The number of hydrogen-bond acceptors (Lipinski definition) is 2. The predicted molar refractivity (Wildman–Crippen MR) is 87.0 cm³/mol. The van der Waals surface area contributed by atoms with Crippen LogP contribution < -0.4 is 5.32 Å². The van der Waals surface area contributed by atoms with Crippen LogP contribution in [0.5, 0.6) is 0 Å². The number of aromatic carboxylic acids is 1. The lowest BCUT2D eigenvalue weighted by atomic mass is 10.1.